The maximum absolute atomic E-state index is 12.3. The van der Waals surface area contributed by atoms with Crippen LogP contribution in [0, 0.1) is 0 Å². The fourth-order valence-corrected chi connectivity index (χ4v) is 1.96. The molecule has 0 aliphatic carbocycles. The Bertz CT molecular complexity index is 428. The van der Waals surface area contributed by atoms with E-state index in [9.17, 15) is 4.79 Å². The lowest BCUT2D eigenvalue weighted by atomic mass is 9.95. The average Bonchev–Trinajstić information content (AvgIpc) is 2.38. The molecule has 100 valence electrons. The van der Waals surface area contributed by atoms with E-state index < -0.39 is 0 Å². The SMILES string of the molecule is CCC(C)(CC)NC(=O)c1ccc(Br)cc1OC. The Hall–Kier alpha value is -1.03. The summed E-state index contributed by atoms with van der Waals surface area (Å²) in [5.41, 5.74) is 0.392. The van der Waals surface area contributed by atoms with Crippen LogP contribution >= 0.6 is 15.9 Å². The third-order valence-electron chi connectivity index (χ3n) is 3.38. The Labute approximate surface area is 117 Å². The topological polar surface area (TPSA) is 38.3 Å². The van der Waals surface area contributed by atoms with Crippen LogP contribution < -0.4 is 10.1 Å². The van der Waals surface area contributed by atoms with Gasteiger partial charge in [0.15, 0.2) is 0 Å². The normalized spacial score (nSPS) is 11.2. The summed E-state index contributed by atoms with van der Waals surface area (Å²) in [6.07, 6.45) is 1.79. The first-order valence-electron chi connectivity index (χ1n) is 6.11. The molecule has 0 bridgehead atoms. The molecule has 1 aromatic rings. The third kappa shape index (κ3) is 3.48. The van der Waals surface area contributed by atoms with Crippen molar-refractivity contribution in [3.63, 3.8) is 0 Å². The summed E-state index contributed by atoms with van der Waals surface area (Å²) in [4.78, 5) is 12.3. The van der Waals surface area contributed by atoms with Crippen molar-refractivity contribution in [3.8, 4) is 5.75 Å². The van der Waals surface area contributed by atoms with Crippen molar-refractivity contribution in [3.05, 3.63) is 28.2 Å². The van der Waals surface area contributed by atoms with Crippen LogP contribution in [0.2, 0.25) is 0 Å². The number of hydrogen-bond acceptors (Lipinski definition) is 2. The quantitative estimate of drug-likeness (QED) is 0.898. The number of ether oxygens (including phenoxy) is 1. The predicted molar refractivity (Wildman–Crippen MR) is 77.1 cm³/mol. The number of methoxy groups -OCH3 is 1. The fourth-order valence-electron chi connectivity index (χ4n) is 1.62. The van der Waals surface area contributed by atoms with Crippen LogP contribution in [0.3, 0.4) is 0 Å². The van der Waals surface area contributed by atoms with Crippen molar-refractivity contribution in [1.29, 1.82) is 0 Å². The van der Waals surface area contributed by atoms with Crippen LogP contribution in [0.4, 0.5) is 0 Å². The van der Waals surface area contributed by atoms with E-state index in [-0.39, 0.29) is 11.4 Å². The molecule has 18 heavy (non-hydrogen) atoms. The van der Waals surface area contributed by atoms with Crippen LogP contribution in [0.1, 0.15) is 44.0 Å². The van der Waals surface area contributed by atoms with Crippen molar-refractivity contribution in [2.75, 3.05) is 7.11 Å². The Morgan fingerprint density at radius 1 is 1.39 bits per heavy atom. The lowest BCUT2D eigenvalue weighted by Gasteiger charge is -2.28. The largest absolute Gasteiger partial charge is 0.496 e. The van der Waals surface area contributed by atoms with E-state index in [2.05, 4.69) is 42.0 Å². The molecule has 4 heteroatoms. The fraction of sp³-hybridized carbons (Fsp3) is 0.500. The van der Waals surface area contributed by atoms with E-state index >= 15 is 0 Å². The first-order chi connectivity index (χ1) is 8.45. The maximum Gasteiger partial charge on any atom is 0.255 e. The van der Waals surface area contributed by atoms with Gasteiger partial charge in [-0.3, -0.25) is 4.79 Å². The van der Waals surface area contributed by atoms with Gasteiger partial charge in [-0.05, 0) is 38.0 Å². The van der Waals surface area contributed by atoms with Gasteiger partial charge < -0.3 is 10.1 Å². The van der Waals surface area contributed by atoms with Gasteiger partial charge in [0.25, 0.3) is 5.91 Å². The molecule has 0 atom stereocenters. The second kappa shape index (κ2) is 6.23. The van der Waals surface area contributed by atoms with Crippen molar-refractivity contribution in [2.24, 2.45) is 0 Å². The van der Waals surface area contributed by atoms with E-state index in [1.54, 1.807) is 19.2 Å². The van der Waals surface area contributed by atoms with Gasteiger partial charge in [0.05, 0.1) is 12.7 Å². The number of benzene rings is 1. The van der Waals surface area contributed by atoms with E-state index in [1.165, 1.54) is 0 Å². The molecule has 1 N–H and O–H groups in total. The second-order valence-corrected chi connectivity index (χ2v) is 5.48. The standard InChI is InChI=1S/C14H20BrNO2/c1-5-14(3,6-2)16-13(17)11-8-7-10(15)9-12(11)18-4/h7-9H,5-6H2,1-4H3,(H,16,17). The molecule has 0 aromatic heterocycles. The summed E-state index contributed by atoms with van der Waals surface area (Å²) in [6.45, 7) is 6.20. The number of carbonyl (C=O) groups is 1. The summed E-state index contributed by atoms with van der Waals surface area (Å²) in [6, 6.07) is 5.40. The minimum atomic E-state index is -0.171. The Kier molecular flexibility index (Phi) is 5.20. The number of halogens is 1. The van der Waals surface area contributed by atoms with Gasteiger partial charge in [-0.2, -0.15) is 0 Å². The number of amides is 1. The highest BCUT2D eigenvalue weighted by molar-refractivity contribution is 9.10. The highest BCUT2D eigenvalue weighted by atomic mass is 79.9. The van der Waals surface area contributed by atoms with E-state index in [0.29, 0.717) is 11.3 Å². The van der Waals surface area contributed by atoms with Gasteiger partial charge in [0.1, 0.15) is 5.75 Å². The number of carbonyl (C=O) groups excluding carboxylic acids is 1. The minimum absolute atomic E-state index is 0.0921. The lowest BCUT2D eigenvalue weighted by Crippen LogP contribution is -2.45. The Morgan fingerprint density at radius 2 is 2.00 bits per heavy atom. The summed E-state index contributed by atoms with van der Waals surface area (Å²) in [7, 11) is 1.57. The molecule has 1 amide bonds. The van der Waals surface area contributed by atoms with Crippen molar-refractivity contribution in [2.45, 2.75) is 39.2 Å². The molecular weight excluding hydrogens is 294 g/mol. The van der Waals surface area contributed by atoms with E-state index in [0.717, 1.165) is 17.3 Å². The Balaban J connectivity index is 2.97. The van der Waals surface area contributed by atoms with Gasteiger partial charge >= 0.3 is 0 Å². The van der Waals surface area contributed by atoms with Crippen LogP contribution in [0.15, 0.2) is 22.7 Å². The van der Waals surface area contributed by atoms with E-state index in [4.69, 9.17) is 4.74 Å². The second-order valence-electron chi connectivity index (χ2n) is 4.57. The van der Waals surface area contributed by atoms with Crippen LogP contribution in [-0.2, 0) is 0 Å². The third-order valence-corrected chi connectivity index (χ3v) is 3.88. The molecular formula is C14H20BrNO2. The first kappa shape index (κ1) is 15.0. The molecule has 0 aliphatic rings. The minimum Gasteiger partial charge on any atom is -0.496 e. The molecule has 0 radical (unpaired) electrons. The van der Waals surface area contributed by atoms with Crippen molar-refractivity contribution >= 4 is 21.8 Å². The first-order valence-corrected chi connectivity index (χ1v) is 6.91. The maximum atomic E-state index is 12.3. The van der Waals surface area contributed by atoms with Gasteiger partial charge in [0, 0.05) is 10.0 Å². The van der Waals surface area contributed by atoms with E-state index in [1.807, 2.05) is 6.07 Å². The molecule has 0 spiro atoms. The molecule has 0 unspecified atom stereocenters. The van der Waals surface area contributed by atoms with Gasteiger partial charge in [-0.25, -0.2) is 0 Å². The lowest BCUT2D eigenvalue weighted by molar-refractivity contribution is 0.0898. The van der Waals surface area contributed by atoms with Gasteiger partial charge in [-0.15, -0.1) is 0 Å². The molecule has 0 heterocycles. The number of nitrogens with one attached hydrogen (secondary N) is 1. The highest BCUT2D eigenvalue weighted by Gasteiger charge is 2.24. The zero-order valence-electron chi connectivity index (χ0n) is 11.3. The molecule has 0 fully saturated rings. The molecule has 0 saturated heterocycles. The summed E-state index contributed by atoms with van der Waals surface area (Å²) < 4.78 is 6.13. The Morgan fingerprint density at radius 3 is 2.50 bits per heavy atom. The van der Waals surface area contributed by atoms with Crippen LogP contribution in [0.25, 0.3) is 0 Å². The predicted octanol–water partition coefficient (Wildman–Crippen LogP) is 3.77. The average molecular weight is 314 g/mol. The monoisotopic (exact) mass is 313 g/mol. The van der Waals surface area contributed by atoms with Crippen molar-refractivity contribution in [1.82, 2.24) is 5.32 Å². The highest BCUT2D eigenvalue weighted by Crippen LogP contribution is 2.24. The summed E-state index contributed by atoms with van der Waals surface area (Å²) in [5, 5.41) is 3.07. The van der Waals surface area contributed by atoms with Crippen molar-refractivity contribution < 1.29 is 9.53 Å². The zero-order valence-corrected chi connectivity index (χ0v) is 12.9. The smallest absolute Gasteiger partial charge is 0.255 e. The molecule has 1 aromatic carbocycles. The summed E-state index contributed by atoms with van der Waals surface area (Å²) >= 11 is 3.36. The molecule has 0 saturated carbocycles. The molecule has 1 rings (SSSR count). The van der Waals surface area contributed by atoms with Crippen LogP contribution in [-0.4, -0.2) is 18.6 Å². The number of rotatable bonds is 5. The van der Waals surface area contributed by atoms with Gasteiger partial charge in [-0.1, -0.05) is 29.8 Å². The molecule has 3 nitrogen and oxygen atoms in total. The summed E-state index contributed by atoms with van der Waals surface area (Å²) in [5.74, 6) is 0.488. The number of hydrogen-bond donors (Lipinski definition) is 1. The molecule has 0 aliphatic heterocycles. The van der Waals surface area contributed by atoms with Gasteiger partial charge in [0.2, 0.25) is 0 Å². The zero-order chi connectivity index (χ0) is 13.8. The van der Waals surface area contributed by atoms with Crippen LogP contribution in [0.5, 0.6) is 5.75 Å².